The Hall–Kier alpha value is -1.04. The Kier molecular flexibility index (Phi) is 2.72. The fourth-order valence-corrected chi connectivity index (χ4v) is 5.24. The molecule has 0 saturated heterocycles. The third kappa shape index (κ3) is 2.06. The predicted molar refractivity (Wildman–Crippen MR) is 67.8 cm³/mol. The van der Waals surface area contributed by atoms with Crippen molar-refractivity contribution >= 4 is 19.6 Å². The molecule has 0 aliphatic heterocycles. The molecule has 3 N–H and O–H groups in total. The highest BCUT2D eigenvalue weighted by Crippen LogP contribution is 2.62. The van der Waals surface area contributed by atoms with Crippen LogP contribution in [-0.4, -0.2) is 41.5 Å². The number of hydrogen-bond donors (Lipinski definition) is 3. The average Bonchev–Trinajstić information content (AvgIpc) is 2.21. The van der Waals surface area contributed by atoms with E-state index >= 15 is 0 Å². The monoisotopic (exact) mass is 263 g/mol. The van der Waals surface area contributed by atoms with E-state index < -0.39 is 28.8 Å². The van der Waals surface area contributed by atoms with Gasteiger partial charge in [0.15, 0.2) is 5.81 Å². The first-order valence-electron chi connectivity index (χ1n) is 6.83. The van der Waals surface area contributed by atoms with Crippen LogP contribution in [0, 0.1) is 17.3 Å². The van der Waals surface area contributed by atoms with E-state index in [0.717, 1.165) is 32.1 Å². The highest BCUT2D eigenvalue weighted by Gasteiger charge is 2.61. The van der Waals surface area contributed by atoms with Gasteiger partial charge >= 0.3 is 5.97 Å². The summed E-state index contributed by atoms with van der Waals surface area (Å²) in [5, 5.41) is 22.4. The first kappa shape index (κ1) is 13.0. The quantitative estimate of drug-likeness (QED) is 0.652. The molecule has 0 heterocycles. The Balaban J connectivity index is 1.93. The summed E-state index contributed by atoms with van der Waals surface area (Å²) in [6.45, 7) is 0. The van der Waals surface area contributed by atoms with Crippen LogP contribution in [0.1, 0.15) is 38.5 Å². The van der Waals surface area contributed by atoms with Crippen molar-refractivity contribution in [3.8, 4) is 0 Å². The van der Waals surface area contributed by atoms with E-state index in [4.69, 9.17) is 7.85 Å². The van der Waals surface area contributed by atoms with Crippen molar-refractivity contribution < 1.29 is 19.8 Å². The second-order valence-electron chi connectivity index (χ2n) is 6.83. The van der Waals surface area contributed by atoms with E-state index in [2.05, 4.69) is 5.32 Å². The zero-order chi connectivity index (χ0) is 13.8. The maximum atomic E-state index is 11.5. The lowest BCUT2D eigenvalue weighted by Gasteiger charge is -2.61. The SMILES string of the molecule is [B]C(=O)N[C@H](C(=O)O)C12CC3CC(CC(O)(C3)C1)C2. The van der Waals surface area contributed by atoms with E-state index in [-0.39, 0.29) is 0 Å². The molecule has 102 valence electrons. The maximum Gasteiger partial charge on any atom is 0.326 e. The Morgan fingerprint density at radius 2 is 1.79 bits per heavy atom. The normalized spacial score (nSPS) is 44.9. The number of carboxylic acids is 1. The average molecular weight is 263 g/mol. The van der Waals surface area contributed by atoms with Crippen LogP contribution in [0.4, 0.5) is 4.79 Å². The van der Waals surface area contributed by atoms with E-state index in [9.17, 15) is 19.8 Å². The molecule has 3 atom stereocenters. The molecule has 0 aromatic carbocycles. The topological polar surface area (TPSA) is 86.6 Å². The lowest BCUT2D eigenvalue weighted by atomic mass is 9.46. The Morgan fingerprint density at radius 1 is 1.21 bits per heavy atom. The molecule has 4 fully saturated rings. The summed E-state index contributed by atoms with van der Waals surface area (Å²) in [5.74, 6) is -1.11. The van der Waals surface area contributed by atoms with Crippen molar-refractivity contribution in [3.63, 3.8) is 0 Å². The van der Waals surface area contributed by atoms with Crippen molar-refractivity contribution in [2.24, 2.45) is 17.3 Å². The van der Waals surface area contributed by atoms with Crippen LogP contribution < -0.4 is 5.32 Å². The van der Waals surface area contributed by atoms with Gasteiger partial charge in [0, 0.05) is 5.41 Å². The summed E-state index contributed by atoms with van der Waals surface area (Å²) in [6, 6.07) is -0.984. The Bertz CT molecular complexity index is 424. The maximum absolute atomic E-state index is 11.5. The number of carboxylic acid groups (broad SMARTS) is 1. The van der Waals surface area contributed by atoms with Gasteiger partial charge in [-0.3, -0.25) is 4.79 Å². The number of amides is 1. The van der Waals surface area contributed by atoms with Crippen LogP contribution in [0.2, 0.25) is 0 Å². The number of hydrogen-bond acceptors (Lipinski definition) is 3. The number of carbonyl (C=O) groups is 2. The molecule has 4 aliphatic rings. The molecular weight excluding hydrogens is 245 g/mol. The summed E-state index contributed by atoms with van der Waals surface area (Å²) < 4.78 is 0. The second-order valence-corrected chi connectivity index (χ2v) is 6.83. The van der Waals surface area contributed by atoms with E-state index in [1.54, 1.807) is 0 Å². The summed E-state index contributed by atoms with van der Waals surface area (Å²) in [5.41, 5.74) is -1.27. The second kappa shape index (κ2) is 3.98. The molecule has 4 rings (SSSR count). The molecule has 2 radical (unpaired) electrons. The smallest absolute Gasteiger partial charge is 0.326 e. The van der Waals surface area contributed by atoms with Gasteiger partial charge in [-0.15, -0.1) is 0 Å². The van der Waals surface area contributed by atoms with Gasteiger partial charge in [0.05, 0.1) is 5.60 Å². The van der Waals surface area contributed by atoms with Gasteiger partial charge in [0.2, 0.25) is 7.85 Å². The van der Waals surface area contributed by atoms with Crippen LogP contribution in [0.5, 0.6) is 0 Å². The molecular formula is C13H18BNO4. The largest absolute Gasteiger partial charge is 0.480 e. The van der Waals surface area contributed by atoms with Crippen LogP contribution in [-0.2, 0) is 4.79 Å². The standard InChI is InChI=1S/C13H18BNO4/c14-11(18)15-9(10(16)17)12-2-7-1-8(3-12)5-13(19,4-7)6-12/h7-9,19H,1-6H2,(H,15,18)(H,16,17)/t7?,8?,9-,12?,13?/m1/s1. The summed E-state index contributed by atoms with van der Waals surface area (Å²) in [4.78, 5) is 22.6. The van der Waals surface area contributed by atoms with E-state index in [1.165, 1.54) is 0 Å². The van der Waals surface area contributed by atoms with Gasteiger partial charge in [0.25, 0.3) is 0 Å². The first-order valence-corrected chi connectivity index (χ1v) is 6.83. The Morgan fingerprint density at radius 3 is 2.21 bits per heavy atom. The fraction of sp³-hybridized carbons (Fsp3) is 0.846. The van der Waals surface area contributed by atoms with E-state index in [0.29, 0.717) is 18.3 Å². The molecule has 4 bridgehead atoms. The summed E-state index contributed by atoms with van der Waals surface area (Å²) in [6.07, 6.45) is 4.62. The fourth-order valence-electron chi connectivity index (χ4n) is 5.24. The molecule has 19 heavy (non-hydrogen) atoms. The predicted octanol–water partition coefficient (Wildman–Crippen LogP) is 0.649. The molecule has 4 saturated carbocycles. The van der Waals surface area contributed by atoms with Crippen molar-refractivity contribution in [2.45, 2.75) is 50.2 Å². The molecule has 6 heteroatoms. The lowest BCUT2D eigenvalue weighted by molar-refractivity contribution is -0.181. The van der Waals surface area contributed by atoms with Gasteiger partial charge in [-0.1, -0.05) is 0 Å². The van der Waals surface area contributed by atoms with Crippen LogP contribution in [0.15, 0.2) is 0 Å². The molecule has 5 nitrogen and oxygen atoms in total. The zero-order valence-electron chi connectivity index (χ0n) is 10.8. The van der Waals surface area contributed by atoms with Crippen molar-refractivity contribution in [1.82, 2.24) is 5.32 Å². The van der Waals surface area contributed by atoms with Gasteiger partial charge < -0.3 is 15.5 Å². The van der Waals surface area contributed by atoms with Gasteiger partial charge in [-0.2, -0.15) is 0 Å². The molecule has 1 amide bonds. The van der Waals surface area contributed by atoms with E-state index in [1.807, 2.05) is 0 Å². The van der Waals surface area contributed by atoms with Crippen molar-refractivity contribution in [3.05, 3.63) is 0 Å². The third-order valence-electron chi connectivity index (χ3n) is 5.22. The molecule has 0 aromatic rings. The molecule has 4 aliphatic carbocycles. The van der Waals surface area contributed by atoms with Gasteiger partial charge in [-0.25, -0.2) is 4.79 Å². The zero-order valence-corrected chi connectivity index (χ0v) is 10.8. The number of nitrogens with one attached hydrogen (secondary N) is 1. The minimum absolute atomic E-state index is 0.378. The molecule has 0 aromatic heterocycles. The lowest BCUT2D eigenvalue weighted by Crippen LogP contribution is -2.64. The molecule has 2 unspecified atom stereocenters. The van der Waals surface area contributed by atoms with Crippen LogP contribution >= 0.6 is 0 Å². The highest BCUT2D eigenvalue weighted by molar-refractivity contribution is 6.57. The van der Waals surface area contributed by atoms with Crippen LogP contribution in [0.25, 0.3) is 0 Å². The van der Waals surface area contributed by atoms with Gasteiger partial charge in [0.1, 0.15) is 6.04 Å². The van der Waals surface area contributed by atoms with Gasteiger partial charge in [-0.05, 0) is 50.4 Å². The minimum atomic E-state index is -1.05. The van der Waals surface area contributed by atoms with Crippen molar-refractivity contribution in [2.75, 3.05) is 0 Å². The number of carbonyl (C=O) groups excluding carboxylic acids is 1. The minimum Gasteiger partial charge on any atom is -0.480 e. The van der Waals surface area contributed by atoms with Crippen molar-refractivity contribution in [1.29, 1.82) is 0 Å². The van der Waals surface area contributed by atoms with Crippen LogP contribution in [0.3, 0.4) is 0 Å². The molecule has 0 spiro atoms. The third-order valence-corrected chi connectivity index (χ3v) is 5.22. The number of aliphatic carboxylic acids is 1. The summed E-state index contributed by atoms with van der Waals surface area (Å²) in [7, 11) is 5.11. The number of aliphatic hydroxyl groups is 1. The first-order chi connectivity index (χ1) is 8.82. The summed E-state index contributed by atoms with van der Waals surface area (Å²) >= 11 is 0. The Labute approximate surface area is 113 Å². The number of rotatable bonds is 3. The highest BCUT2D eigenvalue weighted by atomic mass is 16.4.